The van der Waals surface area contributed by atoms with Gasteiger partial charge in [0.15, 0.2) is 0 Å². The Morgan fingerprint density at radius 2 is 1.65 bits per heavy atom. The SMILES string of the molecule is C=[C](C)[Co](=[O])[CH2]CCC[CH2][Co](=[O])[CH2]CC[SiH2]C. The monoisotopic (exact) mass is 348 g/mol. The molecule has 0 N–H and O–H groups in total. The van der Waals surface area contributed by atoms with Crippen molar-refractivity contribution in [1.82, 2.24) is 0 Å². The van der Waals surface area contributed by atoms with Crippen LogP contribution in [0, 0.1) is 0 Å². The zero-order valence-corrected chi connectivity index (χ0v) is 14.6. The molecule has 0 aromatic rings. The molecule has 0 bridgehead atoms. The van der Waals surface area contributed by atoms with E-state index in [1.807, 2.05) is 6.92 Å². The van der Waals surface area contributed by atoms with Gasteiger partial charge in [-0.05, 0) is 0 Å². The molecule has 0 heterocycles. The van der Waals surface area contributed by atoms with Crippen LogP contribution in [0.15, 0.2) is 11.1 Å². The Hall–Kier alpha value is 0.570. The first-order chi connectivity index (χ1) is 8.07. The molecule has 0 amide bonds. The zero-order chi connectivity index (χ0) is 13.1. The minimum atomic E-state index is -1.17. The molecule has 0 fully saturated rings. The molecule has 108 valence electrons. The third kappa shape index (κ3) is 11.4. The normalized spacial score (nSPS) is 13.1. The van der Waals surface area contributed by atoms with Gasteiger partial charge in [-0.2, -0.15) is 0 Å². The maximum absolute atomic E-state index is 11.6. The van der Waals surface area contributed by atoms with Gasteiger partial charge >= 0.3 is 117 Å². The molecule has 0 aliphatic rings. The van der Waals surface area contributed by atoms with Crippen LogP contribution in [0.2, 0.25) is 28.7 Å². The molecule has 0 unspecified atom stereocenters. The van der Waals surface area contributed by atoms with Crippen molar-refractivity contribution >= 4 is 9.52 Å². The topological polar surface area (TPSA) is 34.1 Å². The first kappa shape index (κ1) is 17.6. The van der Waals surface area contributed by atoms with E-state index in [0.717, 1.165) is 46.3 Å². The van der Waals surface area contributed by atoms with Crippen molar-refractivity contribution in [3.8, 4) is 0 Å². The van der Waals surface area contributed by atoms with Crippen molar-refractivity contribution in [2.45, 2.75) is 61.3 Å². The molecule has 0 aromatic heterocycles. The van der Waals surface area contributed by atoms with E-state index in [0.29, 0.717) is 0 Å². The number of allylic oxidation sites excluding steroid dienone is 1. The summed E-state index contributed by atoms with van der Waals surface area (Å²) in [4.78, 5) is 0. The molecule has 0 radical (unpaired) electrons. The average Bonchev–Trinajstić information content (AvgIpc) is 2.28. The summed E-state index contributed by atoms with van der Waals surface area (Å²) in [5, 5.41) is 2.54. The van der Waals surface area contributed by atoms with E-state index in [1.54, 1.807) is 0 Å². The molecule has 0 saturated heterocycles. The van der Waals surface area contributed by atoms with Crippen molar-refractivity contribution in [3.63, 3.8) is 0 Å². The molecule has 0 aliphatic carbocycles. The summed E-state index contributed by atoms with van der Waals surface area (Å²) in [5.41, 5.74) is 0. The van der Waals surface area contributed by atoms with Crippen LogP contribution in [-0.2, 0) is 34.9 Å². The van der Waals surface area contributed by atoms with Gasteiger partial charge < -0.3 is 0 Å². The fourth-order valence-electron chi connectivity index (χ4n) is 1.27. The van der Waals surface area contributed by atoms with E-state index in [2.05, 4.69) is 13.1 Å². The summed E-state index contributed by atoms with van der Waals surface area (Å²) < 4.78 is 23.8. The molecule has 0 aromatic carbocycles. The molecule has 0 atom stereocenters. The van der Waals surface area contributed by atoms with E-state index in [9.17, 15) is 7.73 Å². The van der Waals surface area contributed by atoms with Crippen LogP contribution in [-0.4, -0.2) is 9.52 Å². The summed E-state index contributed by atoms with van der Waals surface area (Å²) >= 11 is -2.11. The second kappa shape index (κ2) is 11.6. The van der Waals surface area contributed by atoms with Gasteiger partial charge in [0.1, 0.15) is 0 Å². The molecule has 0 spiro atoms. The summed E-state index contributed by atoms with van der Waals surface area (Å²) in [6.45, 7) is 7.82. The van der Waals surface area contributed by atoms with Crippen LogP contribution in [0.3, 0.4) is 0 Å². The summed E-state index contributed by atoms with van der Waals surface area (Å²) in [5.74, 6) is 0. The first-order valence-electron chi connectivity index (χ1n) is 6.21. The van der Waals surface area contributed by atoms with Gasteiger partial charge in [-0.15, -0.1) is 0 Å². The molecule has 0 rings (SSSR count). The second-order valence-electron chi connectivity index (χ2n) is 4.05. The van der Waals surface area contributed by atoms with Crippen LogP contribution in [0.5, 0.6) is 0 Å². The Kier molecular flexibility index (Phi) is 12.0. The molecule has 5 heteroatoms. The first-order valence-corrected chi connectivity index (χ1v) is 12.2. The van der Waals surface area contributed by atoms with E-state index in [1.165, 1.54) is 6.04 Å². The van der Waals surface area contributed by atoms with Crippen molar-refractivity contribution in [2.24, 2.45) is 0 Å². The zero-order valence-electron chi connectivity index (χ0n) is 11.1. The van der Waals surface area contributed by atoms with E-state index < -0.39 is 27.2 Å². The summed E-state index contributed by atoms with van der Waals surface area (Å²) in [7, 11) is 0.157. The fourth-order valence-corrected chi connectivity index (χ4v) is 5.10. The van der Waals surface area contributed by atoms with Gasteiger partial charge in [0.2, 0.25) is 0 Å². The van der Waals surface area contributed by atoms with Gasteiger partial charge in [0.05, 0.1) is 0 Å². The van der Waals surface area contributed by atoms with Crippen molar-refractivity contribution in [2.75, 3.05) is 0 Å². The van der Waals surface area contributed by atoms with Crippen molar-refractivity contribution in [3.05, 3.63) is 11.1 Å². The number of hydrogen-bond donors (Lipinski definition) is 0. The van der Waals surface area contributed by atoms with Crippen LogP contribution in [0.1, 0.15) is 32.6 Å². The van der Waals surface area contributed by atoms with Crippen molar-refractivity contribution in [1.29, 1.82) is 0 Å². The molecular weight excluding hydrogens is 322 g/mol. The number of rotatable bonds is 11. The summed E-state index contributed by atoms with van der Waals surface area (Å²) in [6, 6.07) is 1.33. The summed E-state index contributed by atoms with van der Waals surface area (Å²) in [6.07, 6.45) is 4.22. The van der Waals surface area contributed by atoms with Gasteiger partial charge in [-0.1, -0.05) is 0 Å². The van der Waals surface area contributed by atoms with Crippen LogP contribution >= 0.6 is 0 Å². The molecule has 0 saturated carbocycles. The Labute approximate surface area is 116 Å². The minimum absolute atomic E-state index is 0.157. The van der Waals surface area contributed by atoms with Gasteiger partial charge in [-0.3, -0.25) is 0 Å². The van der Waals surface area contributed by atoms with E-state index >= 15 is 0 Å². The van der Waals surface area contributed by atoms with E-state index in [4.69, 9.17) is 0 Å². The maximum atomic E-state index is 11.6. The Bertz CT molecular complexity index is 267. The predicted molar refractivity (Wildman–Crippen MR) is 68.3 cm³/mol. The quantitative estimate of drug-likeness (QED) is 0.419. The second-order valence-corrected chi connectivity index (χ2v) is 10.2. The Balaban J connectivity index is 3.36. The number of hydrogen-bond acceptors (Lipinski definition) is 2. The standard InChI is InChI=1S/C5H10.C4H11Si.C3H5.2Co.2O/c1-3-5-4-2;1-3-4-5-2;1-3-2;;;;/h1-5H2;1,3-5H2,2H3;1H2,2H3;;;;. The molecule has 0 aliphatic heterocycles. The van der Waals surface area contributed by atoms with Crippen LogP contribution in [0.25, 0.3) is 0 Å². The van der Waals surface area contributed by atoms with Crippen LogP contribution in [0.4, 0.5) is 0 Å². The average molecular weight is 348 g/mol. The van der Waals surface area contributed by atoms with Gasteiger partial charge in [0.25, 0.3) is 0 Å². The van der Waals surface area contributed by atoms with Crippen LogP contribution < -0.4 is 0 Å². The molecule has 17 heavy (non-hydrogen) atoms. The van der Waals surface area contributed by atoms with Crippen molar-refractivity contribution < 1.29 is 34.9 Å². The fraction of sp³-hybridized carbons (Fsp3) is 0.833. The molecular formula is C12H26Co2O2Si. The number of unbranched alkanes of at least 4 members (excludes halogenated alkanes) is 2. The third-order valence-corrected chi connectivity index (χ3v) is 7.23. The van der Waals surface area contributed by atoms with E-state index in [-0.39, 0.29) is 9.52 Å². The van der Waals surface area contributed by atoms with Gasteiger partial charge in [-0.25, -0.2) is 0 Å². The third-order valence-electron chi connectivity index (χ3n) is 2.30. The van der Waals surface area contributed by atoms with Gasteiger partial charge in [0, 0.05) is 0 Å². The Morgan fingerprint density at radius 3 is 2.24 bits per heavy atom. The predicted octanol–water partition coefficient (Wildman–Crippen LogP) is 3.90. The Morgan fingerprint density at radius 1 is 1.06 bits per heavy atom. The molecule has 2 nitrogen and oxygen atoms in total.